The first kappa shape index (κ1) is 11.7. The van der Waals surface area contributed by atoms with Crippen molar-refractivity contribution in [3.8, 4) is 6.19 Å². The Bertz CT molecular complexity index is 193. The van der Waals surface area contributed by atoms with Gasteiger partial charge in [-0.25, -0.2) is 0 Å². The highest BCUT2D eigenvalue weighted by molar-refractivity contribution is 5.78. The average Bonchev–Trinajstić information content (AvgIpc) is 2.12. The molecule has 0 atom stereocenters. The average molecular weight is 183 g/mol. The van der Waals surface area contributed by atoms with E-state index in [0.29, 0.717) is 0 Å². The van der Waals surface area contributed by atoms with E-state index >= 15 is 0 Å². The first-order chi connectivity index (χ1) is 6.22. The van der Waals surface area contributed by atoms with Crippen molar-refractivity contribution in [1.29, 1.82) is 5.26 Å². The molecule has 0 aliphatic rings. The van der Waals surface area contributed by atoms with E-state index in [9.17, 15) is 0 Å². The molecule has 0 aromatic rings. The summed E-state index contributed by atoms with van der Waals surface area (Å²) in [6.45, 7) is 1.54. The summed E-state index contributed by atoms with van der Waals surface area (Å²) in [5.74, 6) is 0.273. The van der Waals surface area contributed by atoms with Gasteiger partial charge in [-0.15, -0.1) is 4.99 Å². The number of hydrogen-bond acceptors (Lipinski definition) is 3. The van der Waals surface area contributed by atoms with Gasteiger partial charge in [0.05, 0.1) is 0 Å². The molecule has 0 unspecified atom stereocenters. The highest BCUT2D eigenvalue weighted by Crippen LogP contribution is 1.95. The van der Waals surface area contributed by atoms with Crippen molar-refractivity contribution >= 4 is 5.96 Å². The fourth-order valence-electron chi connectivity index (χ4n) is 0.921. The van der Waals surface area contributed by atoms with Gasteiger partial charge < -0.3 is 16.4 Å². The lowest BCUT2D eigenvalue weighted by atomic mass is 10.2. The number of rotatable bonds is 5. The summed E-state index contributed by atoms with van der Waals surface area (Å²) in [5.41, 5.74) is 10.8. The first-order valence-corrected chi connectivity index (χ1v) is 4.35. The van der Waals surface area contributed by atoms with Crippen LogP contribution >= 0.6 is 0 Å². The van der Waals surface area contributed by atoms with E-state index in [0.717, 1.165) is 32.4 Å². The first-order valence-electron chi connectivity index (χ1n) is 4.35. The maximum atomic E-state index is 8.23. The molecule has 0 saturated carbocycles. The van der Waals surface area contributed by atoms with Crippen molar-refractivity contribution < 1.29 is 0 Å². The second-order valence-corrected chi connectivity index (χ2v) is 2.84. The Labute approximate surface area is 79.0 Å². The van der Waals surface area contributed by atoms with E-state index in [1.807, 2.05) is 7.05 Å². The van der Waals surface area contributed by atoms with E-state index in [2.05, 4.69) is 4.99 Å². The minimum atomic E-state index is 0.273. The number of hydrogen-bond donors (Lipinski definition) is 2. The number of nitrogens with two attached hydrogens (primary N) is 2. The van der Waals surface area contributed by atoms with Gasteiger partial charge in [0, 0.05) is 13.6 Å². The van der Waals surface area contributed by atoms with Crippen LogP contribution in [0.3, 0.4) is 0 Å². The molecule has 74 valence electrons. The fraction of sp³-hybridized carbons (Fsp3) is 0.750. The van der Waals surface area contributed by atoms with E-state index in [1.54, 1.807) is 11.1 Å². The molecule has 0 bridgehead atoms. The zero-order chi connectivity index (χ0) is 10.1. The van der Waals surface area contributed by atoms with Gasteiger partial charge in [-0.3, -0.25) is 0 Å². The Morgan fingerprint density at radius 2 is 2.15 bits per heavy atom. The van der Waals surface area contributed by atoms with Gasteiger partial charge in [-0.2, -0.15) is 5.26 Å². The van der Waals surface area contributed by atoms with Crippen LogP contribution in [0, 0.1) is 11.5 Å². The van der Waals surface area contributed by atoms with Gasteiger partial charge in [-0.1, -0.05) is 6.42 Å². The molecule has 13 heavy (non-hydrogen) atoms. The molecule has 0 aromatic carbocycles. The van der Waals surface area contributed by atoms with Crippen LogP contribution in [-0.4, -0.2) is 31.0 Å². The summed E-state index contributed by atoms with van der Waals surface area (Å²) < 4.78 is 0. The maximum absolute atomic E-state index is 8.23. The largest absolute Gasteiger partial charge is 0.369 e. The lowest BCUT2D eigenvalue weighted by molar-refractivity contribution is 0.469. The molecule has 0 heterocycles. The van der Waals surface area contributed by atoms with Crippen molar-refractivity contribution in [3.05, 3.63) is 0 Å². The predicted molar refractivity (Wildman–Crippen MR) is 52.8 cm³/mol. The Morgan fingerprint density at radius 1 is 1.46 bits per heavy atom. The normalized spacial score (nSPS) is 11.0. The Balaban J connectivity index is 3.57. The highest BCUT2D eigenvalue weighted by Gasteiger charge is 1.99. The number of nitriles is 1. The van der Waals surface area contributed by atoms with Crippen LogP contribution in [-0.2, 0) is 0 Å². The lowest BCUT2D eigenvalue weighted by Gasteiger charge is -2.16. The number of guanidine groups is 1. The molecule has 0 aromatic heterocycles. The fourth-order valence-corrected chi connectivity index (χ4v) is 0.921. The van der Waals surface area contributed by atoms with Crippen molar-refractivity contribution in [2.24, 2.45) is 16.5 Å². The van der Waals surface area contributed by atoms with Gasteiger partial charge in [0.25, 0.3) is 0 Å². The monoisotopic (exact) mass is 183 g/mol. The van der Waals surface area contributed by atoms with Gasteiger partial charge in [-0.05, 0) is 19.4 Å². The maximum Gasteiger partial charge on any atom is 0.209 e. The molecule has 5 heteroatoms. The summed E-state index contributed by atoms with van der Waals surface area (Å²) in [6, 6.07) is 0. The summed E-state index contributed by atoms with van der Waals surface area (Å²) in [7, 11) is 1.82. The standard InChI is InChI=1S/C8H17N5/c1-13(8(11)12-7-10)6-4-2-3-5-9/h2-6,9H2,1H3,(H2,11,12). The quantitative estimate of drug-likeness (QED) is 0.268. The molecule has 5 nitrogen and oxygen atoms in total. The van der Waals surface area contributed by atoms with E-state index in [-0.39, 0.29) is 5.96 Å². The lowest BCUT2D eigenvalue weighted by Crippen LogP contribution is -2.34. The third kappa shape index (κ3) is 5.93. The molecule has 0 rings (SSSR count). The zero-order valence-electron chi connectivity index (χ0n) is 8.03. The Morgan fingerprint density at radius 3 is 2.69 bits per heavy atom. The van der Waals surface area contributed by atoms with Crippen LogP contribution in [0.2, 0.25) is 0 Å². The second kappa shape index (κ2) is 7.37. The SMILES string of the molecule is CN(CCCCCN)C(N)=NC#N. The summed E-state index contributed by atoms with van der Waals surface area (Å²) >= 11 is 0. The molecule has 0 radical (unpaired) electrons. The summed E-state index contributed by atoms with van der Waals surface area (Å²) in [6.07, 6.45) is 4.79. The van der Waals surface area contributed by atoms with Crippen LogP contribution in [0.5, 0.6) is 0 Å². The third-order valence-corrected chi connectivity index (χ3v) is 1.75. The number of unbranched alkanes of at least 4 members (excludes halogenated alkanes) is 2. The highest BCUT2D eigenvalue weighted by atomic mass is 15.2. The van der Waals surface area contributed by atoms with E-state index < -0.39 is 0 Å². The molecular weight excluding hydrogens is 166 g/mol. The van der Waals surface area contributed by atoms with Crippen molar-refractivity contribution in [1.82, 2.24) is 4.90 Å². The molecule has 0 spiro atoms. The van der Waals surface area contributed by atoms with Crippen LogP contribution in [0.1, 0.15) is 19.3 Å². The topological polar surface area (TPSA) is 91.4 Å². The molecule has 4 N–H and O–H groups in total. The van der Waals surface area contributed by atoms with Crippen molar-refractivity contribution in [2.45, 2.75) is 19.3 Å². The Kier molecular flexibility index (Phi) is 6.65. The Hall–Kier alpha value is -1.28. The third-order valence-electron chi connectivity index (χ3n) is 1.75. The van der Waals surface area contributed by atoms with Gasteiger partial charge >= 0.3 is 0 Å². The van der Waals surface area contributed by atoms with Crippen molar-refractivity contribution in [3.63, 3.8) is 0 Å². The summed E-state index contributed by atoms with van der Waals surface area (Å²) in [5, 5.41) is 8.23. The van der Waals surface area contributed by atoms with Gasteiger partial charge in [0.15, 0.2) is 0 Å². The van der Waals surface area contributed by atoms with Crippen molar-refractivity contribution in [2.75, 3.05) is 20.1 Å². The minimum Gasteiger partial charge on any atom is -0.369 e. The van der Waals surface area contributed by atoms with Crippen LogP contribution in [0.4, 0.5) is 0 Å². The van der Waals surface area contributed by atoms with E-state index in [1.165, 1.54) is 0 Å². The van der Waals surface area contributed by atoms with Crippen LogP contribution in [0.15, 0.2) is 4.99 Å². The smallest absolute Gasteiger partial charge is 0.209 e. The molecular formula is C8H17N5. The molecule has 0 aliphatic heterocycles. The molecule has 0 amide bonds. The van der Waals surface area contributed by atoms with Crippen LogP contribution in [0.25, 0.3) is 0 Å². The molecule has 0 fully saturated rings. The summed E-state index contributed by atoms with van der Waals surface area (Å²) in [4.78, 5) is 5.19. The number of aliphatic imine (C=N–C) groups is 1. The van der Waals surface area contributed by atoms with Gasteiger partial charge in [0.2, 0.25) is 12.2 Å². The zero-order valence-corrected chi connectivity index (χ0v) is 8.03. The second-order valence-electron chi connectivity index (χ2n) is 2.84. The molecule has 0 saturated heterocycles. The number of nitrogens with zero attached hydrogens (tertiary/aromatic N) is 3. The predicted octanol–water partition coefficient (Wildman–Crippen LogP) is -0.157. The van der Waals surface area contributed by atoms with Gasteiger partial charge in [0.1, 0.15) is 0 Å². The minimum absolute atomic E-state index is 0.273. The van der Waals surface area contributed by atoms with E-state index in [4.69, 9.17) is 16.7 Å². The molecule has 0 aliphatic carbocycles. The van der Waals surface area contributed by atoms with Crippen LogP contribution < -0.4 is 11.5 Å².